The third-order valence-corrected chi connectivity index (χ3v) is 6.02. The lowest BCUT2D eigenvalue weighted by Gasteiger charge is -2.27. The van der Waals surface area contributed by atoms with Crippen molar-refractivity contribution < 1.29 is 24.2 Å². The number of ketones is 1. The number of carbonyl (C=O) groups is 2. The number of benzene rings is 1. The Hall–Kier alpha value is -3.33. The van der Waals surface area contributed by atoms with Gasteiger partial charge in [0.25, 0.3) is 11.7 Å². The van der Waals surface area contributed by atoms with Crippen LogP contribution in [0, 0.1) is 13.8 Å². The minimum Gasteiger partial charge on any atom is -0.507 e. The van der Waals surface area contributed by atoms with Gasteiger partial charge in [0.15, 0.2) is 0 Å². The zero-order chi connectivity index (χ0) is 24.4. The van der Waals surface area contributed by atoms with E-state index >= 15 is 0 Å². The lowest BCUT2D eigenvalue weighted by molar-refractivity contribution is -0.140. The predicted octanol–water partition coefficient (Wildman–Crippen LogP) is 2.43. The minimum absolute atomic E-state index is 0.0237. The maximum atomic E-state index is 13.3. The van der Waals surface area contributed by atoms with Crippen molar-refractivity contribution in [3.8, 4) is 11.5 Å². The van der Waals surface area contributed by atoms with Crippen molar-refractivity contribution in [2.75, 3.05) is 41.4 Å². The normalized spacial score (nSPS) is 17.8. The largest absolute Gasteiger partial charge is 0.507 e. The van der Waals surface area contributed by atoms with Crippen LogP contribution in [0.2, 0.25) is 0 Å². The maximum absolute atomic E-state index is 13.3. The first-order chi connectivity index (χ1) is 15.6. The minimum atomic E-state index is -0.823. The Bertz CT molecular complexity index is 1100. The Kier molecular flexibility index (Phi) is 7.12. The predicted molar refractivity (Wildman–Crippen MR) is 124 cm³/mol. The van der Waals surface area contributed by atoms with Crippen LogP contribution in [0.25, 0.3) is 5.76 Å². The molecule has 1 amide bonds. The number of methoxy groups -OCH3 is 2. The number of aliphatic hydroxyl groups excluding tert-OH is 1. The van der Waals surface area contributed by atoms with Gasteiger partial charge in [-0.3, -0.25) is 14.3 Å². The van der Waals surface area contributed by atoms with E-state index in [1.165, 1.54) is 12.0 Å². The molecule has 9 nitrogen and oxygen atoms in total. The third kappa shape index (κ3) is 4.45. The number of Topliss-reactive ketones (excluding diaryl/α,β-unsaturated/α-hetero) is 1. The second-order valence-electron chi connectivity index (χ2n) is 8.43. The van der Waals surface area contributed by atoms with E-state index in [1.807, 2.05) is 25.9 Å². The molecule has 2 heterocycles. The molecule has 1 aliphatic heterocycles. The van der Waals surface area contributed by atoms with Crippen molar-refractivity contribution >= 4 is 17.4 Å². The Balaban J connectivity index is 2.25. The van der Waals surface area contributed by atoms with E-state index in [0.29, 0.717) is 47.0 Å². The number of nitrogens with zero attached hydrogens (tertiary/aromatic N) is 4. The Morgan fingerprint density at radius 2 is 1.88 bits per heavy atom. The van der Waals surface area contributed by atoms with Crippen LogP contribution in [-0.2, 0) is 16.6 Å². The summed E-state index contributed by atoms with van der Waals surface area (Å²) in [6.07, 6.45) is 0.661. The molecule has 1 N–H and O–H groups in total. The number of hydrogen-bond acceptors (Lipinski definition) is 7. The Labute approximate surface area is 194 Å². The van der Waals surface area contributed by atoms with E-state index in [0.717, 1.165) is 6.54 Å². The molecule has 0 saturated carbocycles. The standard InChI is InChI=1S/C24H32N4O5/c1-14-19(15(2)27(5)25-14)22(29)20-21(17-13-16(32-6)9-10-18(17)33-7)28(24(31)23(20)30)12-8-11-26(3)4/h9-10,13,21,29H,8,11-12H2,1-7H3/b22-20+/t21-/m0/s1. The highest BCUT2D eigenvalue weighted by atomic mass is 16.5. The summed E-state index contributed by atoms with van der Waals surface area (Å²) < 4.78 is 12.6. The van der Waals surface area contributed by atoms with Crippen LogP contribution in [0.3, 0.4) is 0 Å². The number of amides is 1. The van der Waals surface area contributed by atoms with Crippen LogP contribution in [0.5, 0.6) is 11.5 Å². The van der Waals surface area contributed by atoms with Gasteiger partial charge in [0, 0.05) is 24.8 Å². The van der Waals surface area contributed by atoms with E-state index in [9.17, 15) is 14.7 Å². The number of aromatic nitrogens is 2. The molecule has 3 rings (SSSR count). The molecule has 0 unspecified atom stereocenters. The van der Waals surface area contributed by atoms with Gasteiger partial charge in [-0.15, -0.1) is 0 Å². The molecular formula is C24H32N4O5. The molecule has 1 aliphatic rings. The zero-order valence-corrected chi connectivity index (χ0v) is 20.3. The fourth-order valence-corrected chi connectivity index (χ4v) is 4.30. The fourth-order valence-electron chi connectivity index (χ4n) is 4.30. The number of aliphatic hydroxyl groups is 1. The Morgan fingerprint density at radius 1 is 1.18 bits per heavy atom. The first-order valence-corrected chi connectivity index (χ1v) is 10.8. The average Bonchev–Trinajstić information content (AvgIpc) is 3.18. The van der Waals surface area contributed by atoms with Crippen LogP contribution in [-0.4, -0.2) is 77.8 Å². The Morgan fingerprint density at radius 3 is 2.42 bits per heavy atom. The second-order valence-corrected chi connectivity index (χ2v) is 8.43. The van der Waals surface area contributed by atoms with Crippen LogP contribution in [0.4, 0.5) is 0 Å². The van der Waals surface area contributed by atoms with E-state index in [4.69, 9.17) is 9.47 Å². The van der Waals surface area contributed by atoms with Crippen LogP contribution >= 0.6 is 0 Å². The quantitative estimate of drug-likeness (QED) is 0.370. The van der Waals surface area contributed by atoms with Crippen molar-refractivity contribution in [1.29, 1.82) is 0 Å². The van der Waals surface area contributed by atoms with Crippen molar-refractivity contribution in [3.63, 3.8) is 0 Å². The second kappa shape index (κ2) is 9.66. The molecule has 178 valence electrons. The van der Waals surface area contributed by atoms with Gasteiger partial charge in [0.05, 0.1) is 37.1 Å². The van der Waals surface area contributed by atoms with E-state index in [-0.39, 0.29) is 11.3 Å². The summed E-state index contributed by atoms with van der Waals surface area (Å²) in [6, 6.07) is 4.39. The molecule has 33 heavy (non-hydrogen) atoms. The topological polar surface area (TPSA) is 97.1 Å². The summed E-state index contributed by atoms with van der Waals surface area (Å²) in [5.41, 5.74) is 2.32. The summed E-state index contributed by atoms with van der Waals surface area (Å²) in [4.78, 5) is 30.0. The highest BCUT2D eigenvalue weighted by molar-refractivity contribution is 6.46. The van der Waals surface area contributed by atoms with E-state index < -0.39 is 17.7 Å². The van der Waals surface area contributed by atoms with Gasteiger partial charge in [-0.2, -0.15) is 5.10 Å². The molecule has 1 atom stereocenters. The molecule has 1 fully saturated rings. The van der Waals surface area contributed by atoms with Gasteiger partial charge in [-0.25, -0.2) is 0 Å². The number of likely N-dealkylation sites (tertiary alicyclic amines) is 1. The van der Waals surface area contributed by atoms with Crippen molar-refractivity contribution in [2.45, 2.75) is 26.3 Å². The van der Waals surface area contributed by atoms with E-state index in [2.05, 4.69) is 5.10 Å². The molecule has 0 aliphatic carbocycles. The molecule has 0 spiro atoms. The number of rotatable bonds is 8. The number of hydrogen-bond donors (Lipinski definition) is 1. The highest BCUT2D eigenvalue weighted by Crippen LogP contribution is 2.44. The smallest absolute Gasteiger partial charge is 0.295 e. The number of ether oxygens (including phenoxy) is 2. The van der Waals surface area contributed by atoms with Crippen LogP contribution < -0.4 is 9.47 Å². The van der Waals surface area contributed by atoms with Crippen LogP contribution in [0.15, 0.2) is 23.8 Å². The molecule has 0 radical (unpaired) electrons. The average molecular weight is 457 g/mol. The molecular weight excluding hydrogens is 424 g/mol. The zero-order valence-electron chi connectivity index (χ0n) is 20.3. The summed E-state index contributed by atoms with van der Waals surface area (Å²) in [5, 5.41) is 15.7. The van der Waals surface area contributed by atoms with Gasteiger partial charge < -0.3 is 24.4 Å². The molecule has 9 heteroatoms. The van der Waals surface area contributed by atoms with Gasteiger partial charge >= 0.3 is 0 Å². The maximum Gasteiger partial charge on any atom is 0.295 e. The monoisotopic (exact) mass is 456 g/mol. The van der Waals surface area contributed by atoms with Crippen molar-refractivity contribution in [1.82, 2.24) is 19.6 Å². The van der Waals surface area contributed by atoms with Gasteiger partial charge in [0.2, 0.25) is 0 Å². The summed E-state index contributed by atoms with van der Waals surface area (Å²) >= 11 is 0. The van der Waals surface area contributed by atoms with Gasteiger partial charge in [-0.1, -0.05) is 0 Å². The fraction of sp³-hybridized carbons (Fsp3) is 0.458. The summed E-state index contributed by atoms with van der Waals surface area (Å²) in [5.74, 6) is -0.565. The van der Waals surface area contributed by atoms with Crippen molar-refractivity contribution in [2.24, 2.45) is 7.05 Å². The SMILES string of the molecule is COc1ccc(OC)c([C@H]2/C(=C(\O)c3c(C)nn(C)c3C)C(=O)C(=O)N2CCCN(C)C)c1. The molecule has 2 aromatic rings. The third-order valence-electron chi connectivity index (χ3n) is 6.02. The molecule has 1 saturated heterocycles. The first kappa shape index (κ1) is 24.3. The number of aryl methyl sites for hydroxylation is 2. The lowest BCUT2D eigenvalue weighted by atomic mass is 9.93. The van der Waals surface area contributed by atoms with Crippen molar-refractivity contribution in [3.05, 3.63) is 46.3 Å². The molecule has 0 bridgehead atoms. The first-order valence-electron chi connectivity index (χ1n) is 10.8. The number of carbonyl (C=O) groups excluding carboxylic acids is 2. The van der Waals surface area contributed by atoms with Crippen LogP contribution in [0.1, 0.15) is 35.0 Å². The molecule has 1 aromatic carbocycles. The van der Waals surface area contributed by atoms with Gasteiger partial charge in [-0.05, 0) is 59.1 Å². The lowest BCUT2D eigenvalue weighted by Crippen LogP contribution is -2.32. The summed E-state index contributed by atoms with van der Waals surface area (Å²) in [6.45, 7) is 4.65. The highest BCUT2D eigenvalue weighted by Gasteiger charge is 2.47. The molecule has 1 aromatic heterocycles. The van der Waals surface area contributed by atoms with Gasteiger partial charge in [0.1, 0.15) is 17.3 Å². The van der Waals surface area contributed by atoms with E-state index in [1.54, 1.807) is 44.0 Å². The summed E-state index contributed by atoms with van der Waals surface area (Å²) in [7, 11) is 8.73.